The van der Waals surface area contributed by atoms with Crippen molar-refractivity contribution in [3.63, 3.8) is 0 Å². The molecule has 1 nitrogen and oxygen atoms in total. The molecular weight excluding hydrogens is 446 g/mol. The lowest BCUT2D eigenvalue weighted by atomic mass is 9.58. The molecule has 0 aliphatic heterocycles. The molecule has 37 heavy (non-hydrogen) atoms. The van der Waals surface area contributed by atoms with E-state index in [2.05, 4.69) is 75.5 Å². The molecule has 0 spiro atoms. The SMILES string of the molecule is CCCCCC1([C@H]2CC[C@H](C(C)c3ccc(-c4ccc(NCCCC)cc4)cc3C)CC2)CCCCC1. The Kier molecular flexibility index (Phi) is 10.6. The fourth-order valence-corrected chi connectivity index (χ4v) is 7.89. The van der Waals surface area contributed by atoms with E-state index in [1.165, 1.54) is 119 Å². The molecule has 1 heteroatoms. The van der Waals surface area contributed by atoms with Gasteiger partial charge in [-0.25, -0.2) is 0 Å². The highest BCUT2D eigenvalue weighted by molar-refractivity contribution is 5.67. The van der Waals surface area contributed by atoms with Crippen molar-refractivity contribution in [1.82, 2.24) is 0 Å². The predicted octanol–water partition coefficient (Wildman–Crippen LogP) is 11.3. The minimum absolute atomic E-state index is 0.669. The lowest BCUT2D eigenvalue weighted by molar-refractivity contribution is 0.0409. The van der Waals surface area contributed by atoms with E-state index < -0.39 is 0 Å². The van der Waals surface area contributed by atoms with Crippen molar-refractivity contribution < 1.29 is 0 Å². The third-order valence-electron chi connectivity index (χ3n) is 10.3. The van der Waals surface area contributed by atoms with Crippen molar-refractivity contribution in [2.75, 3.05) is 11.9 Å². The van der Waals surface area contributed by atoms with Crippen LogP contribution in [0.15, 0.2) is 42.5 Å². The van der Waals surface area contributed by atoms with Gasteiger partial charge in [0.1, 0.15) is 0 Å². The molecule has 1 N–H and O–H groups in total. The Morgan fingerprint density at radius 1 is 0.811 bits per heavy atom. The Morgan fingerprint density at radius 3 is 2.14 bits per heavy atom. The number of benzene rings is 2. The summed E-state index contributed by atoms with van der Waals surface area (Å²) in [6.07, 6.45) is 21.6. The van der Waals surface area contributed by atoms with E-state index in [-0.39, 0.29) is 0 Å². The molecule has 1 unspecified atom stereocenters. The van der Waals surface area contributed by atoms with Crippen molar-refractivity contribution in [2.24, 2.45) is 17.3 Å². The maximum absolute atomic E-state index is 3.53. The minimum Gasteiger partial charge on any atom is -0.385 e. The van der Waals surface area contributed by atoms with Gasteiger partial charge >= 0.3 is 0 Å². The predicted molar refractivity (Wildman–Crippen MR) is 164 cm³/mol. The highest BCUT2D eigenvalue weighted by Crippen LogP contribution is 2.53. The van der Waals surface area contributed by atoms with Crippen LogP contribution in [-0.2, 0) is 0 Å². The summed E-state index contributed by atoms with van der Waals surface area (Å²) >= 11 is 0. The molecule has 0 amide bonds. The van der Waals surface area contributed by atoms with E-state index in [1.807, 2.05) is 0 Å². The Labute approximate surface area is 229 Å². The second-order valence-electron chi connectivity index (χ2n) is 12.7. The van der Waals surface area contributed by atoms with Crippen molar-refractivity contribution in [1.29, 1.82) is 0 Å². The number of hydrogen-bond donors (Lipinski definition) is 1. The van der Waals surface area contributed by atoms with E-state index in [4.69, 9.17) is 0 Å². The summed E-state index contributed by atoms with van der Waals surface area (Å²) in [7, 11) is 0. The summed E-state index contributed by atoms with van der Waals surface area (Å²) in [5, 5.41) is 3.53. The van der Waals surface area contributed by atoms with E-state index in [0.29, 0.717) is 11.3 Å². The summed E-state index contributed by atoms with van der Waals surface area (Å²) in [5.41, 5.74) is 7.66. The number of anilines is 1. The molecule has 0 bridgehead atoms. The van der Waals surface area contributed by atoms with E-state index >= 15 is 0 Å². The lowest BCUT2D eigenvalue weighted by Gasteiger charge is -2.47. The van der Waals surface area contributed by atoms with E-state index in [9.17, 15) is 0 Å². The Morgan fingerprint density at radius 2 is 1.49 bits per heavy atom. The molecule has 2 aliphatic rings. The zero-order chi connectivity index (χ0) is 26.1. The molecule has 1 atom stereocenters. The molecule has 0 heterocycles. The van der Waals surface area contributed by atoms with Gasteiger partial charge in [-0.15, -0.1) is 0 Å². The fourth-order valence-electron chi connectivity index (χ4n) is 7.89. The Bertz CT molecular complexity index is 928. The van der Waals surface area contributed by atoms with Gasteiger partial charge in [-0.3, -0.25) is 0 Å². The average molecular weight is 502 g/mol. The summed E-state index contributed by atoms with van der Waals surface area (Å²) in [6.45, 7) is 10.5. The second kappa shape index (κ2) is 13.9. The number of aryl methyl sites for hydroxylation is 1. The van der Waals surface area contributed by atoms with Crippen LogP contribution >= 0.6 is 0 Å². The van der Waals surface area contributed by atoms with Gasteiger partial charge in [0, 0.05) is 12.2 Å². The minimum atomic E-state index is 0.669. The lowest BCUT2D eigenvalue weighted by Crippen LogP contribution is -2.36. The molecule has 0 aromatic heterocycles. The van der Waals surface area contributed by atoms with Gasteiger partial charge < -0.3 is 5.32 Å². The van der Waals surface area contributed by atoms with Crippen molar-refractivity contribution in [3.05, 3.63) is 53.6 Å². The molecule has 0 saturated heterocycles. The number of nitrogens with one attached hydrogen (secondary N) is 1. The van der Waals surface area contributed by atoms with E-state index in [1.54, 1.807) is 5.56 Å². The largest absolute Gasteiger partial charge is 0.385 e. The third kappa shape index (κ3) is 7.21. The van der Waals surface area contributed by atoms with Crippen LogP contribution in [0.25, 0.3) is 11.1 Å². The first-order valence-corrected chi connectivity index (χ1v) is 16.0. The average Bonchev–Trinajstić information content (AvgIpc) is 2.94. The molecule has 204 valence electrons. The molecule has 2 aromatic carbocycles. The van der Waals surface area contributed by atoms with Crippen LogP contribution in [0.2, 0.25) is 0 Å². The van der Waals surface area contributed by atoms with Crippen LogP contribution in [0.1, 0.15) is 134 Å². The van der Waals surface area contributed by atoms with Gasteiger partial charge in [0.05, 0.1) is 0 Å². The van der Waals surface area contributed by atoms with Crippen LogP contribution in [0.3, 0.4) is 0 Å². The van der Waals surface area contributed by atoms with E-state index in [0.717, 1.165) is 18.4 Å². The number of rotatable bonds is 12. The smallest absolute Gasteiger partial charge is 0.0340 e. The van der Waals surface area contributed by atoms with Crippen molar-refractivity contribution in [3.8, 4) is 11.1 Å². The maximum Gasteiger partial charge on any atom is 0.0340 e. The highest BCUT2D eigenvalue weighted by Gasteiger charge is 2.41. The molecule has 0 radical (unpaired) electrons. The summed E-state index contributed by atoms with van der Waals surface area (Å²) < 4.78 is 0. The van der Waals surface area contributed by atoms with Crippen LogP contribution < -0.4 is 5.32 Å². The van der Waals surface area contributed by atoms with Crippen molar-refractivity contribution >= 4 is 5.69 Å². The first-order valence-electron chi connectivity index (χ1n) is 16.0. The van der Waals surface area contributed by atoms with Gasteiger partial charge in [0.15, 0.2) is 0 Å². The first kappa shape index (κ1) is 28.3. The van der Waals surface area contributed by atoms with Crippen LogP contribution in [0.4, 0.5) is 5.69 Å². The topological polar surface area (TPSA) is 12.0 Å². The van der Waals surface area contributed by atoms with Gasteiger partial charge in [0.2, 0.25) is 0 Å². The molecule has 2 saturated carbocycles. The monoisotopic (exact) mass is 501 g/mol. The van der Waals surface area contributed by atoms with Gasteiger partial charge in [-0.2, -0.15) is 0 Å². The summed E-state index contributed by atoms with van der Waals surface area (Å²) in [5.74, 6) is 2.52. The van der Waals surface area contributed by atoms with Gasteiger partial charge in [-0.05, 0) is 116 Å². The fraction of sp³-hybridized carbons (Fsp3) is 0.667. The molecule has 2 aromatic rings. The molecule has 2 fully saturated rings. The molecule has 4 rings (SSSR count). The van der Waals surface area contributed by atoms with Crippen LogP contribution in [-0.4, -0.2) is 6.54 Å². The standard InChI is InChI=1S/C36H55N/c1-5-7-10-23-36(24-11-9-12-25-36)33-18-13-30(14-19-33)29(4)35-22-17-32(27-28(35)3)31-15-20-34(21-16-31)37-26-8-6-2/h15-17,20-22,27,29-30,33,37H,5-14,18-19,23-26H2,1-4H3/t29?,30-,33-. The number of unbranched alkanes of at least 4 members (excludes halogenated alkanes) is 3. The number of hydrogen-bond acceptors (Lipinski definition) is 1. The van der Waals surface area contributed by atoms with Gasteiger partial charge in [-0.1, -0.05) is 96.0 Å². The second-order valence-corrected chi connectivity index (χ2v) is 12.7. The highest BCUT2D eigenvalue weighted by atomic mass is 14.9. The zero-order valence-electron chi connectivity index (χ0n) is 24.6. The third-order valence-corrected chi connectivity index (χ3v) is 10.3. The quantitative estimate of drug-likeness (QED) is 0.285. The molecule has 2 aliphatic carbocycles. The van der Waals surface area contributed by atoms with Gasteiger partial charge in [0.25, 0.3) is 0 Å². The van der Waals surface area contributed by atoms with Crippen LogP contribution in [0.5, 0.6) is 0 Å². The van der Waals surface area contributed by atoms with Crippen molar-refractivity contribution in [2.45, 2.75) is 130 Å². The Hall–Kier alpha value is -1.76. The Balaban J connectivity index is 1.36. The molecular formula is C36H55N. The first-order chi connectivity index (χ1) is 18.1. The summed E-state index contributed by atoms with van der Waals surface area (Å²) in [4.78, 5) is 0. The summed E-state index contributed by atoms with van der Waals surface area (Å²) in [6, 6.07) is 16.3. The van der Waals surface area contributed by atoms with Crippen LogP contribution in [0, 0.1) is 24.2 Å². The zero-order valence-corrected chi connectivity index (χ0v) is 24.6. The maximum atomic E-state index is 3.53. The normalized spacial score (nSPS) is 22.5.